The fourth-order valence-corrected chi connectivity index (χ4v) is 1.22. The van der Waals surface area contributed by atoms with E-state index < -0.39 is 17.8 Å². The normalized spacial score (nSPS) is 13.5. The van der Waals surface area contributed by atoms with Gasteiger partial charge in [-0.1, -0.05) is 6.92 Å². The summed E-state index contributed by atoms with van der Waals surface area (Å²) in [6.07, 6.45) is -3.83. The Hall–Kier alpha value is -1.53. The maximum atomic E-state index is 12.4. The first-order valence-corrected chi connectivity index (χ1v) is 5.17. The number of hydrogen-bond acceptors (Lipinski definition) is 2. The van der Waals surface area contributed by atoms with Crippen LogP contribution in [0.1, 0.15) is 36.5 Å². The highest BCUT2D eigenvalue weighted by molar-refractivity contribution is 5.92. The second-order valence-corrected chi connectivity index (χ2v) is 3.82. The molecular formula is C10H14F3N3O. The van der Waals surface area contributed by atoms with Gasteiger partial charge >= 0.3 is 6.18 Å². The number of nitrogens with one attached hydrogen (secondary N) is 1. The predicted octanol–water partition coefficient (Wildman–Crippen LogP) is 1.97. The lowest BCUT2D eigenvalue weighted by Crippen LogP contribution is -2.33. The highest BCUT2D eigenvalue weighted by Crippen LogP contribution is 2.28. The van der Waals surface area contributed by atoms with Crippen molar-refractivity contribution in [2.45, 2.75) is 32.5 Å². The zero-order valence-electron chi connectivity index (χ0n) is 9.80. The minimum absolute atomic E-state index is 0.0910. The van der Waals surface area contributed by atoms with Crippen LogP contribution >= 0.6 is 0 Å². The number of hydrogen-bond donors (Lipinski definition) is 1. The lowest BCUT2D eigenvalue weighted by Gasteiger charge is -2.10. The summed E-state index contributed by atoms with van der Waals surface area (Å²) in [5, 5.41) is 5.85. The number of carbonyl (C=O) groups excluding carboxylic acids is 1. The van der Waals surface area contributed by atoms with Crippen LogP contribution in [0.2, 0.25) is 0 Å². The van der Waals surface area contributed by atoms with Crippen molar-refractivity contribution in [1.29, 1.82) is 0 Å². The molecule has 0 saturated heterocycles. The van der Waals surface area contributed by atoms with Crippen LogP contribution in [-0.4, -0.2) is 21.7 Å². The third kappa shape index (κ3) is 3.21. The van der Waals surface area contributed by atoms with Crippen LogP contribution in [0, 0.1) is 0 Å². The molecule has 1 rings (SSSR count). The van der Waals surface area contributed by atoms with Crippen molar-refractivity contribution in [3.05, 3.63) is 17.5 Å². The minimum Gasteiger partial charge on any atom is -0.348 e. The second-order valence-electron chi connectivity index (χ2n) is 3.82. The van der Waals surface area contributed by atoms with Gasteiger partial charge in [-0.15, -0.1) is 0 Å². The van der Waals surface area contributed by atoms with Gasteiger partial charge in [0.25, 0.3) is 5.91 Å². The summed E-state index contributed by atoms with van der Waals surface area (Å²) in [6, 6.07) is 0.657. The fourth-order valence-electron chi connectivity index (χ4n) is 1.22. The molecule has 1 N–H and O–H groups in total. The van der Waals surface area contributed by atoms with Crippen LogP contribution in [0.5, 0.6) is 0 Å². The fraction of sp³-hybridized carbons (Fsp3) is 0.600. The molecule has 1 heterocycles. The molecule has 7 heteroatoms. The van der Waals surface area contributed by atoms with Gasteiger partial charge in [0.05, 0.1) is 0 Å². The van der Waals surface area contributed by atoms with Crippen LogP contribution < -0.4 is 5.32 Å². The zero-order valence-corrected chi connectivity index (χ0v) is 9.80. The standard InChI is InChI=1S/C10H14F3N3O/c1-4-6(2)14-9(17)7-5-8(10(11,12)13)15-16(7)3/h5-6H,4H2,1-3H3,(H,14,17). The number of aromatic nitrogens is 2. The van der Waals surface area contributed by atoms with E-state index in [1.807, 2.05) is 6.92 Å². The summed E-state index contributed by atoms with van der Waals surface area (Å²) in [7, 11) is 1.31. The molecule has 0 spiro atoms. The predicted molar refractivity (Wildman–Crippen MR) is 55.4 cm³/mol. The number of nitrogens with zero attached hydrogens (tertiary/aromatic N) is 2. The van der Waals surface area contributed by atoms with Crippen molar-refractivity contribution in [2.75, 3.05) is 0 Å². The topological polar surface area (TPSA) is 46.9 Å². The molecule has 0 aliphatic carbocycles. The van der Waals surface area contributed by atoms with Crippen LogP contribution in [0.4, 0.5) is 13.2 Å². The van der Waals surface area contributed by atoms with Crippen molar-refractivity contribution < 1.29 is 18.0 Å². The third-order valence-corrected chi connectivity index (χ3v) is 2.39. The quantitative estimate of drug-likeness (QED) is 0.890. The summed E-state index contributed by atoms with van der Waals surface area (Å²) < 4.78 is 38.0. The van der Waals surface area contributed by atoms with Crippen LogP contribution in [0.3, 0.4) is 0 Å². The van der Waals surface area contributed by atoms with E-state index in [2.05, 4.69) is 10.4 Å². The number of aryl methyl sites for hydroxylation is 1. The zero-order chi connectivity index (χ0) is 13.2. The molecule has 1 unspecified atom stereocenters. The Morgan fingerprint density at radius 3 is 2.59 bits per heavy atom. The van der Waals surface area contributed by atoms with Gasteiger partial charge in [-0.25, -0.2) is 0 Å². The maximum Gasteiger partial charge on any atom is 0.435 e. The molecular weight excluding hydrogens is 235 g/mol. The number of rotatable bonds is 3. The lowest BCUT2D eigenvalue weighted by atomic mass is 10.2. The Morgan fingerprint density at radius 2 is 2.18 bits per heavy atom. The molecule has 1 aromatic heterocycles. The van der Waals surface area contributed by atoms with Crippen LogP contribution in [0.25, 0.3) is 0 Å². The summed E-state index contributed by atoms with van der Waals surface area (Å²) in [5.74, 6) is -0.551. The number of alkyl halides is 3. The molecule has 96 valence electrons. The molecule has 0 fully saturated rings. The van der Waals surface area contributed by atoms with Gasteiger partial charge in [0.15, 0.2) is 5.69 Å². The van der Waals surface area contributed by atoms with E-state index in [1.165, 1.54) is 7.05 Å². The van der Waals surface area contributed by atoms with Crippen molar-refractivity contribution in [3.8, 4) is 0 Å². The molecule has 0 radical (unpaired) electrons. The highest BCUT2D eigenvalue weighted by Gasteiger charge is 2.35. The smallest absolute Gasteiger partial charge is 0.348 e. The second kappa shape index (κ2) is 4.77. The molecule has 17 heavy (non-hydrogen) atoms. The first kappa shape index (κ1) is 13.5. The molecule has 0 saturated carbocycles. The molecule has 1 amide bonds. The number of amides is 1. The van der Waals surface area contributed by atoms with Gasteiger partial charge in [0.2, 0.25) is 0 Å². The Bertz CT molecular complexity index is 411. The van der Waals surface area contributed by atoms with Crippen molar-refractivity contribution in [3.63, 3.8) is 0 Å². The largest absolute Gasteiger partial charge is 0.435 e. The van der Waals surface area contributed by atoms with Gasteiger partial charge in [-0.3, -0.25) is 9.48 Å². The van der Waals surface area contributed by atoms with Crippen molar-refractivity contribution >= 4 is 5.91 Å². The summed E-state index contributed by atoms with van der Waals surface area (Å²) in [5.41, 5.74) is -1.16. The average Bonchev–Trinajstić information content (AvgIpc) is 2.59. The van der Waals surface area contributed by atoms with E-state index in [9.17, 15) is 18.0 Å². The summed E-state index contributed by atoms with van der Waals surface area (Å²) in [6.45, 7) is 3.65. The van der Waals surface area contributed by atoms with E-state index in [4.69, 9.17) is 0 Å². The molecule has 0 aliphatic heterocycles. The first-order chi connectivity index (χ1) is 7.75. The monoisotopic (exact) mass is 249 g/mol. The average molecular weight is 249 g/mol. The molecule has 0 aromatic carbocycles. The summed E-state index contributed by atoms with van der Waals surface area (Å²) >= 11 is 0. The number of carbonyl (C=O) groups is 1. The Balaban J connectivity index is 2.92. The molecule has 4 nitrogen and oxygen atoms in total. The highest BCUT2D eigenvalue weighted by atomic mass is 19.4. The number of halogens is 3. The third-order valence-electron chi connectivity index (χ3n) is 2.39. The molecule has 0 aliphatic rings. The van der Waals surface area contributed by atoms with Gasteiger partial charge in [0, 0.05) is 19.2 Å². The van der Waals surface area contributed by atoms with Crippen molar-refractivity contribution in [2.24, 2.45) is 7.05 Å². The van der Waals surface area contributed by atoms with E-state index >= 15 is 0 Å². The van der Waals surface area contributed by atoms with E-state index in [-0.39, 0.29) is 11.7 Å². The van der Waals surface area contributed by atoms with E-state index in [0.29, 0.717) is 6.42 Å². The van der Waals surface area contributed by atoms with Crippen LogP contribution in [0.15, 0.2) is 6.07 Å². The van der Waals surface area contributed by atoms with Gasteiger partial charge < -0.3 is 5.32 Å². The lowest BCUT2D eigenvalue weighted by molar-refractivity contribution is -0.141. The Morgan fingerprint density at radius 1 is 1.59 bits per heavy atom. The molecule has 1 atom stereocenters. The Kier molecular flexibility index (Phi) is 3.79. The Labute approximate surface area is 96.8 Å². The van der Waals surface area contributed by atoms with Gasteiger partial charge in [-0.2, -0.15) is 18.3 Å². The van der Waals surface area contributed by atoms with E-state index in [1.54, 1.807) is 6.92 Å². The summed E-state index contributed by atoms with van der Waals surface area (Å²) in [4.78, 5) is 11.6. The molecule has 0 bridgehead atoms. The molecule has 1 aromatic rings. The maximum absolute atomic E-state index is 12.4. The van der Waals surface area contributed by atoms with Crippen LogP contribution in [-0.2, 0) is 13.2 Å². The first-order valence-electron chi connectivity index (χ1n) is 5.17. The minimum atomic E-state index is -4.54. The van der Waals surface area contributed by atoms with E-state index in [0.717, 1.165) is 10.7 Å². The SMILES string of the molecule is CCC(C)NC(=O)c1cc(C(F)(F)F)nn1C. The van der Waals surface area contributed by atoms with Gasteiger partial charge in [-0.05, 0) is 13.3 Å². The van der Waals surface area contributed by atoms with Crippen molar-refractivity contribution in [1.82, 2.24) is 15.1 Å². The van der Waals surface area contributed by atoms with Gasteiger partial charge in [0.1, 0.15) is 5.69 Å².